The highest BCUT2D eigenvalue weighted by Gasteiger charge is 2.17. The van der Waals surface area contributed by atoms with Gasteiger partial charge in [-0.3, -0.25) is 4.90 Å². The third-order valence-corrected chi connectivity index (χ3v) is 3.91. The maximum atomic E-state index is 3.56. The first-order valence-electron chi connectivity index (χ1n) is 5.86. The third-order valence-electron chi connectivity index (χ3n) is 3.05. The summed E-state index contributed by atoms with van der Waals surface area (Å²) in [6, 6.07) is 5.10. The number of likely N-dealkylation sites (N-methyl/N-ethyl adjacent to an activating group) is 1. The van der Waals surface area contributed by atoms with E-state index >= 15 is 0 Å². The Hall–Kier alpha value is -0.380. The Kier molecular flexibility index (Phi) is 4.18. The van der Waals surface area contributed by atoms with Crippen molar-refractivity contribution in [3.63, 3.8) is 0 Å². The normalized spacial score (nSPS) is 21.3. The molecule has 1 aliphatic rings. The fourth-order valence-electron chi connectivity index (χ4n) is 2.15. The molecule has 1 atom stereocenters. The predicted molar refractivity (Wildman–Crippen MR) is 66.3 cm³/mol. The number of hydrogen-bond donors (Lipinski definition) is 1. The van der Waals surface area contributed by atoms with Crippen molar-refractivity contribution in [2.24, 2.45) is 0 Å². The van der Waals surface area contributed by atoms with Gasteiger partial charge in [-0.1, -0.05) is 13.0 Å². The largest absolute Gasteiger partial charge is 0.313 e. The van der Waals surface area contributed by atoms with E-state index in [4.69, 9.17) is 0 Å². The lowest BCUT2D eigenvalue weighted by atomic mass is 10.2. The van der Waals surface area contributed by atoms with Gasteiger partial charge in [0.05, 0.1) is 0 Å². The maximum Gasteiger partial charge on any atom is 0.0328 e. The van der Waals surface area contributed by atoms with E-state index in [0.717, 1.165) is 19.1 Å². The zero-order valence-electron chi connectivity index (χ0n) is 9.41. The summed E-state index contributed by atoms with van der Waals surface area (Å²) in [6.45, 7) is 6.93. The SMILES string of the molecule is CCN(Cc1cccs1)C[C@H]1CCCN1. The van der Waals surface area contributed by atoms with Crippen LogP contribution >= 0.6 is 11.3 Å². The van der Waals surface area contributed by atoms with Gasteiger partial charge in [0, 0.05) is 24.0 Å². The van der Waals surface area contributed by atoms with Gasteiger partial charge in [0.1, 0.15) is 0 Å². The summed E-state index contributed by atoms with van der Waals surface area (Å²) < 4.78 is 0. The number of nitrogens with one attached hydrogen (secondary N) is 1. The summed E-state index contributed by atoms with van der Waals surface area (Å²) >= 11 is 1.86. The molecule has 0 bridgehead atoms. The van der Waals surface area contributed by atoms with Gasteiger partial charge in [0.2, 0.25) is 0 Å². The number of nitrogens with zero attached hydrogens (tertiary/aromatic N) is 1. The summed E-state index contributed by atoms with van der Waals surface area (Å²) in [5.74, 6) is 0. The summed E-state index contributed by atoms with van der Waals surface area (Å²) in [6.07, 6.45) is 2.70. The second-order valence-electron chi connectivity index (χ2n) is 4.20. The molecule has 1 aromatic rings. The van der Waals surface area contributed by atoms with Crippen LogP contribution in [0.4, 0.5) is 0 Å². The Labute approximate surface area is 96.3 Å². The van der Waals surface area contributed by atoms with E-state index in [-0.39, 0.29) is 0 Å². The molecule has 0 unspecified atom stereocenters. The smallest absolute Gasteiger partial charge is 0.0328 e. The fraction of sp³-hybridized carbons (Fsp3) is 0.667. The molecule has 1 fully saturated rings. The van der Waals surface area contributed by atoms with Crippen LogP contribution in [0.3, 0.4) is 0 Å². The lowest BCUT2D eigenvalue weighted by Crippen LogP contribution is -2.36. The summed E-state index contributed by atoms with van der Waals surface area (Å²) in [4.78, 5) is 4.02. The molecule has 84 valence electrons. The van der Waals surface area contributed by atoms with Crippen LogP contribution in [0, 0.1) is 0 Å². The number of hydrogen-bond acceptors (Lipinski definition) is 3. The van der Waals surface area contributed by atoms with E-state index in [1.54, 1.807) is 0 Å². The molecule has 2 nitrogen and oxygen atoms in total. The number of rotatable bonds is 5. The van der Waals surface area contributed by atoms with Crippen molar-refractivity contribution < 1.29 is 0 Å². The summed E-state index contributed by atoms with van der Waals surface area (Å²) in [5.41, 5.74) is 0. The fourth-order valence-corrected chi connectivity index (χ4v) is 2.90. The van der Waals surface area contributed by atoms with Crippen LogP contribution in [0.1, 0.15) is 24.6 Å². The molecule has 0 radical (unpaired) electrons. The second-order valence-corrected chi connectivity index (χ2v) is 5.23. The zero-order valence-corrected chi connectivity index (χ0v) is 10.2. The molecule has 1 saturated heterocycles. The second kappa shape index (κ2) is 5.64. The molecule has 0 aromatic carbocycles. The average molecular weight is 224 g/mol. The number of thiophene rings is 1. The molecule has 3 heteroatoms. The van der Waals surface area contributed by atoms with Gasteiger partial charge in [0.25, 0.3) is 0 Å². The van der Waals surface area contributed by atoms with Crippen LogP contribution in [-0.4, -0.2) is 30.6 Å². The Morgan fingerprint density at radius 1 is 1.60 bits per heavy atom. The van der Waals surface area contributed by atoms with Crippen LogP contribution < -0.4 is 5.32 Å². The van der Waals surface area contributed by atoms with Gasteiger partial charge in [-0.25, -0.2) is 0 Å². The zero-order chi connectivity index (χ0) is 10.5. The van der Waals surface area contributed by atoms with Crippen LogP contribution in [0.2, 0.25) is 0 Å². The van der Waals surface area contributed by atoms with Gasteiger partial charge in [-0.15, -0.1) is 11.3 Å². The lowest BCUT2D eigenvalue weighted by Gasteiger charge is -2.23. The molecule has 1 N–H and O–H groups in total. The van der Waals surface area contributed by atoms with E-state index in [1.165, 1.54) is 30.8 Å². The van der Waals surface area contributed by atoms with Crippen LogP contribution in [0.25, 0.3) is 0 Å². The molecule has 1 aliphatic heterocycles. The summed E-state index contributed by atoms with van der Waals surface area (Å²) in [7, 11) is 0. The highest BCUT2D eigenvalue weighted by Crippen LogP contribution is 2.13. The van der Waals surface area contributed by atoms with Gasteiger partial charge in [0.15, 0.2) is 0 Å². The quantitative estimate of drug-likeness (QED) is 0.826. The highest BCUT2D eigenvalue weighted by atomic mass is 32.1. The lowest BCUT2D eigenvalue weighted by molar-refractivity contribution is 0.255. The Balaban J connectivity index is 1.81. The first-order chi connectivity index (χ1) is 7.38. The molecule has 0 amide bonds. The third kappa shape index (κ3) is 3.30. The molecular weight excluding hydrogens is 204 g/mol. The Morgan fingerprint density at radius 2 is 2.53 bits per heavy atom. The first kappa shape index (κ1) is 11.1. The molecule has 2 rings (SSSR count). The molecule has 1 aromatic heterocycles. The van der Waals surface area contributed by atoms with E-state index in [1.807, 2.05) is 11.3 Å². The van der Waals surface area contributed by atoms with Crippen molar-refractivity contribution in [3.05, 3.63) is 22.4 Å². The molecule has 0 spiro atoms. The minimum absolute atomic E-state index is 0.727. The van der Waals surface area contributed by atoms with E-state index in [9.17, 15) is 0 Å². The van der Waals surface area contributed by atoms with Gasteiger partial charge < -0.3 is 5.32 Å². The minimum atomic E-state index is 0.727. The van der Waals surface area contributed by atoms with E-state index in [0.29, 0.717) is 0 Å². The topological polar surface area (TPSA) is 15.3 Å². The van der Waals surface area contributed by atoms with Crippen molar-refractivity contribution in [3.8, 4) is 0 Å². The maximum absolute atomic E-state index is 3.56. The molecule has 2 heterocycles. The molecule has 15 heavy (non-hydrogen) atoms. The van der Waals surface area contributed by atoms with Gasteiger partial charge >= 0.3 is 0 Å². The monoisotopic (exact) mass is 224 g/mol. The van der Waals surface area contributed by atoms with Gasteiger partial charge in [-0.2, -0.15) is 0 Å². The van der Waals surface area contributed by atoms with Crippen molar-refractivity contribution >= 4 is 11.3 Å². The van der Waals surface area contributed by atoms with Gasteiger partial charge in [-0.05, 0) is 37.4 Å². The molecule has 0 saturated carbocycles. The highest BCUT2D eigenvalue weighted by molar-refractivity contribution is 7.09. The Bertz CT molecular complexity index is 265. The standard InChI is InChI=1S/C12H20N2S/c1-2-14(9-11-5-3-7-13-11)10-12-6-4-8-15-12/h4,6,8,11,13H,2-3,5,7,9-10H2,1H3/t11-/m1/s1. The predicted octanol–water partition coefficient (Wildman–Crippen LogP) is 2.32. The van der Waals surface area contributed by atoms with Crippen LogP contribution in [-0.2, 0) is 6.54 Å². The average Bonchev–Trinajstić information content (AvgIpc) is 2.89. The van der Waals surface area contributed by atoms with Crippen molar-refractivity contribution in [2.75, 3.05) is 19.6 Å². The van der Waals surface area contributed by atoms with E-state index < -0.39 is 0 Å². The Morgan fingerprint density at radius 3 is 3.13 bits per heavy atom. The summed E-state index contributed by atoms with van der Waals surface area (Å²) in [5, 5.41) is 5.73. The molecular formula is C12H20N2S. The van der Waals surface area contributed by atoms with Crippen molar-refractivity contribution in [1.82, 2.24) is 10.2 Å². The van der Waals surface area contributed by atoms with Crippen molar-refractivity contribution in [1.29, 1.82) is 0 Å². The van der Waals surface area contributed by atoms with Crippen LogP contribution in [0.5, 0.6) is 0 Å². The van der Waals surface area contributed by atoms with Crippen molar-refractivity contribution in [2.45, 2.75) is 32.4 Å². The molecule has 0 aliphatic carbocycles. The van der Waals surface area contributed by atoms with E-state index in [2.05, 4.69) is 34.7 Å². The first-order valence-corrected chi connectivity index (χ1v) is 6.74. The minimum Gasteiger partial charge on any atom is -0.313 e. The van der Waals surface area contributed by atoms with Crippen LogP contribution in [0.15, 0.2) is 17.5 Å².